The summed E-state index contributed by atoms with van der Waals surface area (Å²) in [6, 6.07) is 6.50. The standard InChI is InChI=1S/C13H18BrN3/c1-8-6-9(2)17(7-8)11-5-3-4-10(14)12(11)13(15)16/h3-5,8-9H,6-7H2,1-2H3,(H3,15,16). The molecule has 0 spiro atoms. The van der Waals surface area contributed by atoms with Crippen LogP contribution in [0.1, 0.15) is 25.8 Å². The zero-order valence-electron chi connectivity index (χ0n) is 10.2. The maximum absolute atomic E-state index is 7.72. The normalized spacial score (nSPS) is 24.1. The van der Waals surface area contributed by atoms with Crippen molar-refractivity contribution < 1.29 is 0 Å². The molecule has 2 unspecified atom stereocenters. The van der Waals surface area contributed by atoms with Gasteiger partial charge in [-0.3, -0.25) is 5.41 Å². The molecule has 3 N–H and O–H groups in total. The Morgan fingerprint density at radius 3 is 2.71 bits per heavy atom. The van der Waals surface area contributed by atoms with Gasteiger partial charge in [0.15, 0.2) is 0 Å². The summed E-state index contributed by atoms with van der Waals surface area (Å²) in [6.45, 7) is 5.54. The number of nitrogen functional groups attached to an aromatic ring is 1. The Labute approximate surface area is 111 Å². The van der Waals surface area contributed by atoms with Crippen LogP contribution in [0.4, 0.5) is 5.69 Å². The molecule has 0 saturated carbocycles. The number of benzene rings is 1. The minimum Gasteiger partial charge on any atom is -0.384 e. The number of nitrogens with one attached hydrogen (secondary N) is 1. The van der Waals surface area contributed by atoms with Crippen LogP contribution in [-0.4, -0.2) is 18.4 Å². The van der Waals surface area contributed by atoms with Gasteiger partial charge in [-0.25, -0.2) is 0 Å². The fourth-order valence-corrected chi connectivity index (χ4v) is 3.22. The van der Waals surface area contributed by atoms with Gasteiger partial charge in [0.25, 0.3) is 0 Å². The number of nitrogens with zero attached hydrogens (tertiary/aromatic N) is 1. The van der Waals surface area contributed by atoms with E-state index in [2.05, 4.69) is 40.7 Å². The van der Waals surface area contributed by atoms with Gasteiger partial charge in [-0.15, -0.1) is 0 Å². The molecule has 1 heterocycles. The quantitative estimate of drug-likeness (QED) is 0.651. The Balaban J connectivity index is 2.45. The average Bonchev–Trinajstić information content (AvgIpc) is 2.56. The largest absolute Gasteiger partial charge is 0.384 e. The number of amidine groups is 1. The van der Waals surface area contributed by atoms with Crippen molar-refractivity contribution in [2.24, 2.45) is 11.7 Å². The molecule has 92 valence electrons. The lowest BCUT2D eigenvalue weighted by Crippen LogP contribution is -2.29. The molecule has 0 aromatic heterocycles. The Morgan fingerprint density at radius 2 is 2.18 bits per heavy atom. The summed E-state index contributed by atoms with van der Waals surface area (Å²) in [5.74, 6) is 0.822. The Hall–Kier alpha value is -1.03. The molecule has 0 bridgehead atoms. The molecule has 0 radical (unpaired) electrons. The molecule has 0 aliphatic carbocycles. The van der Waals surface area contributed by atoms with Crippen molar-refractivity contribution in [1.82, 2.24) is 0 Å². The lowest BCUT2D eigenvalue weighted by atomic mass is 10.1. The molecular weight excluding hydrogens is 278 g/mol. The minimum atomic E-state index is 0.124. The lowest BCUT2D eigenvalue weighted by Gasteiger charge is -2.26. The van der Waals surface area contributed by atoms with E-state index in [4.69, 9.17) is 11.1 Å². The first-order chi connectivity index (χ1) is 8.00. The number of hydrogen-bond donors (Lipinski definition) is 2. The van der Waals surface area contributed by atoms with Gasteiger partial charge >= 0.3 is 0 Å². The fourth-order valence-electron chi connectivity index (χ4n) is 2.65. The number of anilines is 1. The summed E-state index contributed by atoms with van der Waals surface area (Å²) < 4.78 is 0.897. The van der Waals surface area contributed by atoms with Gasteiger partial charge in [0, 0.05) is 22.7 Å². The summed E-state index contributed by atoms with van der Waals surface area (Å²) in [6.07, 6.45) is 1.20. The van der Waals surface area contributed by atoms with E-state index in [0.717, 1.165) is 22.3 Å². The van der Waals surface area contributed by atoms with E-state index in [1.165, 1.54) is 6.42 Å². The van der Waals surface area contributed by atoms with Gasteiger partial charge in [0.05, 0.1) is 5.56 Å². The molecule has 2 atom stereocenters. The molecule has 1 aliphatic heterocycles. The first kappa shape index (κ1) is 12.4. The summed E-state index contributed by atoms with van der Waals surface area (Å²) in [7, 11) is 0. The maximum Gasteiger partial charge on any atom is 0.126 e. The predicted molar refractivity (Wildman–Crippen MR) is 75.7 cm³/mol. The van der Waals surface area contributed by atoms with Crippen LogP contribution < -0.4 is 10.6 Å². The molecule has 1 aliphatic rings. The van der Waals surface area contributed by atoms with Gasteiger partial charge < -0.3 is 10.6 Å². The molecule has 2 rings (SSSR count). The Morgan fingerprint density at radius 1 is 1.47 bits per heavy atom. The Bertz CT molecular complexity index is 444. The summed E-state index contributed by atoms with van der Waals surface area (Å²) in [5, 5.41) is 7.72. The van der Waals surface area contributed by atoms with Crippen LogP contribution in [0.3, 0.4) is 0 Å². The zero-order valence-corrected chi connectivity index (χ0v) is 11.8. The first-order valence-corrected chi connectivity index (χ1v) is 6.69. The third kappa shape index (κ3) is 2.32. The van der Waals surface area contributed by atoms with Crippen LogP contribution in [0.15, 0.2) is 22.7 Å². The predicted octanol–water partition coefficient (Wildman–Crippen LogP) is 2.97. The van der Waals surface area contributed by atoms with Crippen LogP contribution in [0.25, 0.3) is 0 Å². The van der Waals surface area contributed by atoms with Gasteiger partial charge in [-0.05, 0) is 47.3 Å². The van der Waals surface area contributed by atoms with Crippen molar-refractivity contribution in [2.45, 2.75) is 26.3 Å². The molecule has 1 fully saturated rings. The van der Waals surface area contributed by atoms with Crippen LogP contribution >= 0.6 is 15.9 Å². The summed E-state index contributed by atoms with van der Waals surface area (Å²) >= 11 is 3.48. The smallest absolute Gasteiger partial charge is 0.126 e. The Kier molecular flexibility index (Phi) is 3.43. The minimum absolute atomic E-state index is 0.124. The van der Waals surface area contributed by atoms with E-state index in [9.17, 15) is 0 Å². The second-order valence-corrected chi connectivity index (χ2v) is 5.74. The maximum atomic E-state index is 7.72. The van der Waals surface area contributed by atoms with Crippen molar-refractivity contribution in [3.8, 4) is 0 Å². The van der Waals surface area contributed by atoms with Crippen LogP contribution in [0.2, 0.25) is 0 Å². The van der Waals surface area contributed by atoms with Crippen molar-refractivity contribution in [3.63, 3.8) is 0 Å². The second kappa shape index (κ2) is 4.69. The second-order valence-electron chi connectivity index (χ2n) is 4.89. The lowest BCUT2D eigenvalue weighted by molar-refractivity contribution is 0.625. The molecule has 1 aromatic carbocycles. The molecule has 4 heteroatoms. The number of rotatable bonds is 2. The zero-order chi connectivity index (χ0) is 12.6. The molecule has 3 nitrogen and oxygen atoms in total. The van der Waals surface area contributed by atoms with E-state index in [0.29, 0.717) is 12.0 Å². The van der Waals surface area contributed by atoms with Crippen molar-refractivity contribution in [1.29, 1.82) is 5.41 Å². The van der Waals surface area contributed by atoms with E-state index in [-0.39, 0.29) is 5.84 Å². The van der Waals surface area contributed by atoms with Gasteiger partial charge in [0.1, 0.15) is 5.84 Å². The highest BCUT2D eigenvalue weighted by molar-refractivity contribution is 9.10. The van der Waals surface area contributed by atoms with Gasteiger partial charge in [-0.1, -0.05) is 13.0 Å². The molecular formula is C13H18BrN3. The van der Waals surface area contributed by atoms with Crippen molar-refractivity contribution >= 4 is 27.5 Å². The highest BCUT2D eigenvalue weighted by Crippen LogP contribution is 2.34. The molecule has 1 saturated heterocycles. The third-order valence-electron chi connectivity index (χ3n) is 3.35. The highest BCUT2D eigenvalue weighted by Gasteiger charge is 2.28. The van der Waals surface area contributed by atoms with Gasteiger partial charge in [-0.2, -0.15) is 0 Å². The van der Waals surface area contributed by atoms with Crippen LogP contribution in [0, 0.1) is 11.3 Å². The summed E-state index contributed by atoms with van der Waals surface area (Å²) in [5.41, 5.74) is 7.58. The van der Waals surface area contributed by atoms with E-state index in [1.54, 1.807) is 0 Å². The average molecular weight is 296 g/mol. The first-order valence-electron chi connectivity index (χ1n) is 5.90. The van der Waals surface area contributed by atoms with Crippen LogP contribution in [-0.2, 0) is 0 Å². The fraction of sp³-hybridized carbons (Fsp3) is 0.462. The topological polar surface area (TPSA) is 53.1 Å². The van der Waals surface area contributed by atoms with E-state index < -0.39 is 0 Å². The van der Waals surface area contributed by atoms with Crippen molar-refractivity contribution in [2.75, 3.05) is 11.4 Å². The third-order valence-corrected chi connectivity index (χ3v) is 4.02. The highest BCUT2D eigenvalue weighted by atomic mass is 79.9. The van der Waals surface area contributed by atoms with Gasteiger partial charge in [0.2, 0.25) is 0 Å². The molecule has 1 aromatic rings. The monoisotopic (exact) mass is 295 g/mol. The number of hydrogen-bond acceptors (Lipinski definition) is 2. The van der Waals surface area contributed by atoms with Crippen LogP contribution in [0.5, 0.6) is 0 Å². The van der Waals surface area contributed by atoms with Crippen molar-refractivity contribution in [3.05, 3.63) is 28.2 Å². The van der Waals surface area contributed by atoms with E-state index in [1.807, 2.05) is 12.1 Å². The number of halogens is 1. The SMILES string of the molecule is CC1CC(C)N(c2cccc(Br)c2C(=N)N)C1. The number of nitrogens with two attached hydrogens (primary N) is 1. The summed E-state index contributed by atoms with van der Waals surface area (Å²) in [4.78, 5) is 2.35. The van der Waals surface area contributed by atoms with E-state index >= 15 is 0 Å². The molecule has 0 amide bonds. The molecule has 17 heavy (non-hydrogen) atoms.